The van der Waals surface area contributed by atoms with Gasteiger partial charge < -0.3 is 19.9 Å². The SMILES string of the molecule is Cc1ccccc1CN(C)C(=O)Cn1c(NCC(C)O)nc2ccccc21. The molecule has 142 valence electrons. The Morgan fingerprint density at radius 1 is 1.22 bits per heavy atom. The quantitative estimate of drug-likeness (QED) is 0.675. The number of benzene rings is 2. The number of nitrogens with zero attached hydrogens (tertiary/aromatic N) is 3. The first kappa shape index (κ1) is 18.9. The zero-order valence-electron chi connectivity index (χ0n) is 16.0. The van der Waals surface area contributed by atoms with Crippen LogP contribution in [-0.2, 0) is 17.9 Å². The molecule has 0 aliphatic heterocycles. The summed E-state index contributed by atoms with van der Waals surface area (Å²) in [6.07, 6.45) is -0.502. The minimum atomic E-state index is -0.502. The molecule has 6 heteroatoms. The Balaban J connectivity index is 1.81. The third kappa shape index (κ3) is 4.46. The molecule has 0 spiro atoms. The van der Waals surface area contributed by atoms with E-state index >= 15 is 0 Å². The van der Waals surface area contributed by atoms with Crippen LogP contribution in [-0.4, -0.2) is 45.2 Å². The average molecular weight is 366 g/mol. The Bertz CT molecular complexity index is 933. The number of rotatable bonds is 7. The van der Waals surface area contributed by atoms with Crippen LogP contribution in [0.2, 0.25) is 0 Å². The summed E-state index contributed by atoms with van der Waals surface area (Å²) in [5.74, 6) is 0.594. The van der Waals surface area contributed by atoms with E-state index in [0.29, 0.717) is 19.0 Å². The number of aliphatic hydroxyl groups is 1. The lowest BCUT2D eigenvalue weighted by molar-refractivity contribution is -0.130. The highest BCUT2D eigenvalue weighted by atomic mass is 16.3. The number of aliphatic hydroxyl groups excluding tert-OH is 1. The maximum absolute atomic E-state index is 12.9. The third-order valence-electron chi connectivity index (χ3n) is 4.60. The molecule has 1 aromatic heterocycles. The lowest BCUT2D eigenvalue weighted by Gasteiger charge is -2.20. The van der Waals surface area contributed by atoms with Crippen molar-refractivity contribution in [3.05, 3.63) is 59.7 Å². The first-order valence-corrected chi connectivity index (χ1v) is 9.11. The van der Waals surface area contributed by atoms with E-state index < -0.39 is 6.10 Å². The monoisotopic (exact) mass is 366 g/mol. The van der Waals surface area contributed by atoms with Crippen LogP contribution in [0, 0.1) is 6.92 Å². The van der Waals surface area contributed by atoms with E-state index in [4.69, 9.17) is 0 Å². The predicted molar refractivity (Wildman–Crippen MR) is 108 cm³/mol. The van der Waals surface area contributed by atoms with Gasteiger partial charge in [-0.25, -0.2) is 4.98 Å². The van der Waals surface area contributed by atoms with Crippen molar-refractivity contribution < 1.29 is 9.90 Å². The molecule has 3 rings (SSSR count). The van der Waals surface area contributed by atoms with Crippen molar-refractivity contribution >= 4 is 22.9 Å². The van der Waals surface area contributed by atoms with Gasteiger partial charge >= 0.3 is 0 Å². The molecular formula is C21H26N4O2. The number of imidazole rings is 1. The Kier molecular flexibility index (Phi) is 5.76. The highest BCUT2D eigenvalue weighted by Crippen LogP contribution is 2.20. The topological polar surface area (TPSA) is 70.4 Å². The molecule has 27 heavy (non-hydrogen) atoms. The van der Waals surface area contributed by atoms with E-state index in [9.17, 15) is 9.90 Å². The fourth-order valence-electron chi connectivity index (χ4n) is 3.00. The van der Waals surface area contributed by atoms with Gasteiger partial charge in [0.15, 0.2) is 0 Å². The van der Waals surface area contributed by atoms with E-state index in [1.54, 1.807) is 11.8 Å². The van der Waals surface area contributed by atoms with Crippen LogP contribution in [0.5, 0.6) is 0 Å². The molecular weight excluding hydrogens is 340 g/mol. The number of carbonyl (C=O) groups excluding carboxylic acids is 1. The van der Waals surface area contributed by atoms with Crippen LogP contribution in [0.3, 0.4) is 0 Å². The maximum atomic E-state index is 12.9. The van der Waals surface area contributed by atoms with Gasteiger partial charge in [-0.3, -0.25) is 4.79 Å². The van der Waals surface area contributed by atoms with Crippen LogP contribution in [0.25, 0.3) is 11.0 Å². The number of hydrogen-bond acceptors (Lipinski definition) is 4. The third-order valence-corrected chi connectivity index (χ3v) is 4.60. The molecule has 0 saturated heterocycles. The van der Waals surface area contributed by atoms with Gasteiger partial charge in [0, 0.05) is 20.1 Å². The van der Waals surface area contributed by atoms with E-state index in [0.717, 1.165) is 16.6 Å². The lowest BCUT2D eigenvalue weighted by Crippen LogP contribution is -2.30. The number of anilines is 1. The second-order valence-electron chi connectivity index (χ2n) is 6.92. The van der Waals surface area contributed by atoms with Gasteiger partial charge in [0.25, 0.3) is 0 Å². The summed E-state index contributed by atoms with van der Waals surface area (Å²) >= 11 is 0. The van der Waals surface area contributed by atoms with Crippen molar-refractivity contribution in [2.45, 2.75) is 33.0 Å². The van der Waals surface area contributed by atoms with Crippen molar-refractivity contribution in [2.24, 2.45) is 0 Å². The van der Waals surface area contributed by atoms with Crippen molar-refractivity contribution in [1.29, 1.82) is 0 Å². The summed E-state index contributed by atoms with van der Waals surface area (Å²) in [5, 5.41) is 12.7. The minimum absolute atomic E-state index is 0.00139. The first-order chi connectivity index (χ1) is 13.0. The number of nitrogens with one attached hydrogen (secondary N) is 1. The summed E-state index contributed by atoms with van der Waals surface area (Å²) in [7, 11) is 1.82. The van der Waals surface area contributed by atoms with Gasteiger partial charge in [-0.1, -0.05) is 36.4 Å². The van der Waals surface area contributed by atoms with Crippen LogP contribution in [0.4, 0.5) is 5.95 Å². The molecule has 1 unspecified atom stereocenters. The molecule has 1 amide bonds. The Labute approximate surface area is 159 Å². The minimum Gasteiger partial charge on any atom is -0.392 e. The molecule has 1 heterocycles. The van der Waals surface area contributed by atoms with Gasteiger partial charge in [-0.2, -0.15) is 0 Å². The van der Waals surface area contributed by atoms with Crippen molar-refractivity contribution in [1.82, 2.24) is 14.5 Å². The van der Waals surface area contributed by atoms with E-state index in [2.05, 4.69) is 23.3 Å². The fraction of sp³-hybridized carbons (Fsp3) is 0.333. The Hall–Kier alpha value is -2.86. The van der Waals surface area contributed by atoms with Crippen LogP contribution >= 0.6 is 0 Å². The molecule has 6 nitrogen and oxygen atoms in total. The smallest absolute Gasteiger partial charge is 0.242 e. The molecule has 2 N–H and O–H groups in total. The number of aryl methyl sites for hydroxylation is 1. The van der Waals surface area contributed by atoms with Crippen molar-refractivity contribution in [2.75, 3.05) is 18.9 Å². The second-order valence-corrected chi connectivity index (χ2v) is 6.92. The zero-order valence-corrected chi connectivity index (χ0v) is 16.0. The van der Waals surface area contributed by atoms with Crippen LogP contribution in [0.1, 0.15) is 18.1 Å². The molecule has 0 aliphatic rings. The summed E-state index contributed by atoms with van der Waals surface area (Å²) in [6, 6.07) is 15.8. The number of amides is 1. The second kappa shape index (κ2) is 8.22. The first-order valence-electron chi connectivity index (χ1n) is 9.11. The molecule has 3 aromatic rings. The summed E-state index contributed by atoms with van der Waals surface area (Å²) in [5.41, 5.74) is 4.02. The molecule has 0 radical (unpaired) electrons. The predicted octanol–water partition coefficient (Wildman–Crippen LogP) is 2.80. The largest absolute Gasteiger partial charge is 0.392 e. The number of likely N-dealkylation sites (N-methyl/N-ethyl adjacent to an activating group) is 1. The van der Waals surface area contributed by atoms with Crippen LogP contribution < -0.4 is 5.32 Å². The molecule has 2 aromatic carbocycles. The van der Waals surface area contributed by atoms with Crippen molar-refractivity contribution in [3.8, 4) is 0 Å². The number of fused-ring (bicyclic) bond motifs is 1. The normalized spacial score (nSPS) is 12.1. The van der Waals surface area contributed by atoms with Gasteiger partial charge in [0.2, 0.25) is 11.9 Å². The number of para-hydroxylation sites is 2. The summed E-state index contributed by atoms with van der Waals surface area (Å²) in [6.45, 7) is 4.88. The van der Waals surface area contributed by atoms with Gasteiger partial charge in [-0.15, -0.1) is 0 Å². The standard InChI is InChI=1S/C21H26N4O2/c1-15-8-4-5-9-17(15)13-24(3)20(27)14-25-19-11-7-6-10-18(19)23-21(25)22-12-16(2)26/h4-11,16,26H,12-14H2,1-3H3,(H,22,23). The van der Waals surface area contributed by atoms with E-state index in [-0.39, 0.29) is 12.5 Å². The molecule has 0 bridgehead atoms. The Morgan fingerprint density at radius 2 is 1.93 bits per heavy atom. The number of aromatic nitrogens is 2. The van der Waals surface area contributed by atoms with Gasteiger partial charge in [0.05, 0.1) is 17.1 Å². The highest BCUT2D eigenvalue weighted by molar-refractivity contribution is 5.83. The van der Waals surface area contributed by atoms with Gasteiger partial charge in [0.1, 0.15) is 6.54 Å². The fourth-order valence-corrected chi connectivity index (χ4v) is 3.00. The maximum Gasteiger partial charge on any atom is 0.242 e. The zero-order chi connectivity index (χ0) is 19.4. The average Bonchev–Trinajstić information content (AvgIpc) is 2.99. The lowest BCUT2D eigenvalue weighted by atomic mass is 10.1. The Morgan fingerprint density at radius 3 is 2.67 bits per heavy atom. The number of hydrogen-bond donors (Lipinski definition) is 2. The molecule has 0 aliphatic carbocycles. The molecule has 0 saturated carbocycles. The molecule has 0 fully saturated rings. The highest BCUT2D eigenvalue weighted by Gasteiger charge is 2.17. The van der Waals surface area contributed by atoms with Crippen LogP contribution in [0.15, 0.2) is 48.5 Å². The van der Waals surface area contributed by atoms with E-state index in [1.165, 1.54) is 5.56 Å². The summed E-state index contributed by atoms with van der Waals surface area (Å²) < 4.78 is 1.87. The van der Waals surface area contributed by atoms with E-state index in [1.807, 2.05) is 54.1 Å². The van der Waals surface area contributed by atoms with Gasteiger partial charge in [-0.05, 0) is 37.1 Å². The molecule has 1 atom stereocenters. The summed E-state index contributed by atoms with van der Waals surface area (Å²) in [4.78, 5) is 19.2. The number of carbonyl (C=O) groups is 1. The van der Waals surface area contributed by atoms with Crippen molar-refractivity contribution in [3.63, 3.8) is 0 Å².